The fourth-order valence-corrected chi connectivity index (χ4v) is 4.23. The standard InChI is InChI=1S/C20H32N4O/c1-3-14-7-9-16(10-8-14)23-20-22-12-17(19(21)25)18(24-20)11-13(2)15-5-4-6-15/h12-16H,3-11H2,1-2H3,(H2,21,25)(H,22,23,24)/t13-,14?,16?/m0/s1. The van der Waals surface area contributed by atoms with E-state index in [0.717, 1.165) is 24.0 Å². The molecule has 1 atom stereocenters. The second kappa shape index (κ2) is 8.15. The first kappa shape index (κ1) is 18.2. The summed E-state index contributed by atoms with van der Waals surface area (Å²) in [5.74, 6) is 2.40. The van der Waals surface area contributed by atoms with Crippen molar-refractivity contribution in [3.63, 3.8) is 0 Å². The van der Waals surface area contributed by atoms with Crippen LogP contribution in [0.1, 0.15) is 81.3 Å². The molecule has 2 aliphatic carbocycles. The van der Waals surface area contributed by atoms with Crippen LogP contribution in [-0.2, 0) is 6.42 Å². The van der Waals surface area contributed by atoms with E-state index in [1.54, 1.807) is 6.20 Å². The molecule has 0 saturated heterocycles. The predicted octanol–water partition coefficient (Wildman–Crippen LogP) is 3.93. The number of amides is 1. The number of nitrogens with two attached hydrogens (primary N) is 1. The van der Waals surface area contributed by atoms with Crippen LogP contribution in [0.4, 0.5) is 5.95 Å². The molecule has 3 N–H and O–H groups in total. The normalized spacial score (nSPS) is 25.2. The molecule has 1 heterocycles. The van der Waals surface area contributed by atoms with E-state index in [1.807, 2.05) is 0 Å². The van der Waals surface area contributed by atoms with Gasteiger partial charge in [0, 0.05) is 12.2 Å². The van der Waals surface area contributed by atoms with Crippen molar-refractivity contribution in [3.05, 3.63) is 17.5 Å². The molecule has 1 amide bonds. The fraction of sp³-hybridized carbons (Fsp3) is 0.750. The van der Waals surface area contributed by atoms with Crippen molar-refractivity contribution < 1.29 is 4.79 Å². The first-order valence-corrected chi connectivity index (χ1v) is 9.99. The Balaban J connectivity index is 1.68. The van der Waals surface area contributed by atoms with E-state index >= 15 is 0 Å². The summed E-state index contributed by atoms with van der Waals surface area (Å²) >= 11 is 0. The topological polar surface area (TPSA) is 80.9 Å². The summed E-state index contributed by atoms with van der Waals surface area (Å²) in [7, 11) is 0. The van der Waals surface area contributed by atoms with Crippen LogP contribution in [0.3, 0.4) is 0 Å². The molecule has 0 bridgehead atoms. The lowest BCUT2D eigenvalue weighted by Crippen LogP contribution is -2.28. The summed E-state index contributed by atoms with van der Waals surface area (Å²) < 4.78 is 0. The minimum Gasteiger partial charge on any atom is -0.365 e. The highest BCUT2D eigenvalue weighted by Gasteiger charge is 2.26. The highest BCUT2D eigenvalue weighted by molar-refractivity contribution is 5.93. The molecule has 2 fully saturated rings. The van der Waals surface area contributed by atoms with E-state index in [2.05, 4.69) is 29.1 Å². The van der Waals surface area contributed by atoms with Crippen LogP contribution in [0.15, 0.2) is 6.20 Å². The molecule has 5 nitrogen and oxygen atoms in total. The van der Waals surface area contributed by atoms with Crippen LogP contribution in [0.25, 0.3) is 0 Å². The Hall–Kier alpha value is -1.65. The van der Waals surface area contributed by atoms with Gasteiger partial charge in [-0.25, -0.2) is 9.97 Å². The van der Waals surface area contributed by atoms with Crippen LogP contribution < -0.4 is 11.1 Å². The van der Waals surface area contributed by atoms with Gasteiger partial charge in [-0.15, -0.1) is 0 Å². The number of nitrogens with zero attached hydrogens (tertiary/aromatic N) is 2. The molecule has 1 aromatic heterocycles. The third-order valence-corrected chi connectivity index (χ3v) is 6.36. The highest BCUT2D eigenvalue weighted by Crippen LogP contribution is 2.35. The summed E-state index contributed by atoms with van der Waals surface area (Å²) in [5, 5.41) is 3.49. The van der Waals surface area contributed by atoms with E-state index in [1.165, 1.54) is 51.4 Å². The number of carbonyl (C=O) groups is 1. The molecule has 2 aliphatic rings. The van der Waals surface area contributed by atoms with E-state index in [9.17, 15) is 4.79 Å². The molecule has 0 aliphatic heterocycles. The molecular weight excluding hydrogens is 312 g/mol. The molecule has 0 radical (unpaired) electrons. The Labute approximate surface area is 151 Å². The summed E-state index contributed by atoms with van der Waals surface area (Å²) in [6, 6.07) is 0.444. The van der Waals surface area contributed by atoms with Gasteiger partial charge in [0.1, 0.15) is 0 Å². The van der Waals surface area contributed by atoms with Gasteiger partial charge in [0.25, 0.3) is 5.91 Å². The fourth-order valence-electron chi connectivity index (χ4n) is 4.23. The van der Waals surface area contributed by atoms with Gasteiger partial charge in [0.15, 0.2) is 0 Å². The van der Waals surface area contributed by atoms with Crippen molar-refractivity contribution in [2.24, 2.45) is 23.5 Å². The van der Waals surface area contributed by atoms with E-state index < -0.39 is 5.91 Å². The maximum Gasteiger partial charge on any atom is 0.252 e. The molecule has 138 valence electrons. The average molecular weight is 345 g/mol. The molecule has 0 spiro atoms. The van der Waals surface area contributed by atoms with Crippen LogP contribution in [0.2, 0.25) is 0 Å². The predicted molar refractivity (Wildman–Crippen MR) is 100 cm³/mol. The third kappa shape index (κ3) is 4.50. The Bertz CT molecular complexity index is 591. The molecule has 5 heteroatoms. The third-order valence-electron chi connectivity index (χ3n) is 6.36. The van der Waals surface area contributed by atoms with Crippen molar-refractivity contribution in [3.8, 4) is 0 Å². The Morgan fingerprint density at radius 2 is 2.00 bits per heavy atom. The maximum absolute atomic E-state index is 11.7. The first-order valence-electron chi connectivity index (χ1n) is 9.99. The number of rotatable bonds is 7. The van der Waals surface area contributed by atoms with Gasteiger partial charge in [0.05, 0.1) is 11.3 Å². The Morgan fingerprint density at radius 3 is 2.56 bits per heavy atom. The van der Waals surface area contributed by atoms with Gasteiger partial charge in [-0.2, -0.15) is 0 Å². The quantitative estimate of drug-likeness (QED) is 0.785. The second-order valence-corrected chi connectivity index (χ2v) is 8.06. The minimum absolute atomic E-state index is 0.425. The summed E-state index contributed by atoms with van der Waals surface area (Å²) in [6.45, 7) is 4.54. The molecule has 2 saturated carbocycles. The van der Waals surface area contributed by atoms with Crippen LogP contribution >= 0.6 is 0 Å². The number of anilines is 1. The Morgan fingerprint density at radius 1 is 1.28 bits per heavy atom. The minimum atomic E-state index is -0.425. The van der Waals surface area contributed by atoms with Crippen LogP contribution in [0.5, 0.6) is 0 Å². The van der Waals surface area contributed by atoms with Crippen molar-refractivity contribution in [1.82, 2.24) is 9.97 Å². The second-order valence-electron chi connectivity index (χ2n) is 8.06. The van der Waals surface area contributed by atoms with Crippen molar-refractivity contribution in [2.45, 2.75) is 77.7 Å². The molecular formula is C20H32N4O. The maximum atomic E-state index is 11.7. The van der Waals surface area contributed by atoms with Gasteiger partial charge in [0.2, 0.25) is 5.95 Å². The first-order chi connectivity index (χ1) is 12.1. The monoisotopic (exact) mass is 344 g/mol. The summed E-state index contributed by atoms with van der Waals surface area (Å²) in [5.41, 5.74) is 6.83. The lowest BCUT2D eigenvalue weighted by Gasteiger charge is -2.31. The smallest absolute Gasteiger partial charge is 0.252 e. The SMILES string of the molecule is CCC1CCC(Nc2ncc(C(N)=O)c(C[C@H](C)C3CCC3)n2)CC1. The van der Waals surface area contributed by atoms with Gasteiger partial charge in [-0.3, -0.25) is 4.79 Å². The largest absolute Gasteiger partial charge is 0.365 e. The van der Waals surface area contributed by atoms with Gasteiger partial charge < -0.3 is 11.1 Å². The number of hydrogen-bond acceptors (Lipinski definition) is 4. The summed E-state index contributed by atoms with van der Waals surface area (Å²) in [6.07, 6.45) is 12.5. The number of carbonyl (C=O) groups excluding carboxylic acids is 1. The number of aromatic nitrogens is 2. The number of nitrogens with one attached hydrogen (secondary N) is 1. The molecule has 0 aromatic carbocycles. The zero-order chi connectivity index (χ0) is 17.8. The van der Waals surface area contributed by atoms with E-state index in [-0.39, 0.29) is 0 Å². The summed E-state index contributed by atoms with van der Waals surface area (Å²) in [4.78, 5) is 20.8. The molecule has 0 unspecified atom stereocenters. The zero-order valence-electron chi connectivity index (χ0n) is 15.6. The lowest BCUT2D eigenvalue weighted by molar-refractivity contribution is 0.0998. The van der Waals surface area contributed by atoms with E-state index in [4.69, 9.17) is 5.73 Å². The van der Waals surface area contributed by atoms with Crippen molar-refractivity contribution in [1.29, 1.82) is 0 Å². The van der Waals surface area contributed by atoms with Crippen molar-refractivity contribution in [2.75, 3.05) is 5.32 Å². The highest BCUT2D eigenvalue weighted by atomic mass is 16.1. The lowest BCUT2D eigenvalue weighted by atomic mass is 9.75. The van der Waals surface area contributed by atoms with Crippen LogP contribution in [0, 0.1) is 17.8 Å². The molecule has 1 aromatic rings. The number of hydrogen-bond donors (Lipinski definition) is 2. The zero-order valence-corrected chi connectivity index (χ0v) is 15.6. The van der Waals surface area contributed by atoms with Crippen molar-refractivity contribution >= 4 is 11.9 Å². The van der Waals surface area contributed by atoms with Gasteiger partial charge in [-0.1, -0.05) is 39.5 Å². The molecule has 25 heavy (non-hydrogen) atoms. The Kier molecular flexibility index (Phi) is 5.92. The average Bonchev–Trinajstić information content (AvgIpc) is 2.54. The van der Waals surface area contributed by atoms with Gasteiger partial charge in [-0.05, 0) is 49.9 Å². The van der Waals surface area contributed by atoms with Crippen LogP contribution in [-0.4, -0.2) is 21.9 Å². The van der Waals surface area contributed by atoms with E-state index in [0.29, 0.717) is 23.5 Å². The number of primary amides is 1. The van der Waals surface area contributed by atoms with Gasteiger partial charge >= 0.3 is 0 Å². The molecule has 3 rings (SSSR count).